The Bertz CT molecular complexity index is 721. The first-order valence-corrected chi connectivity index (χ1v) is 11.6. The molecule has 25 heavy (non-hydrogen) atoms. The molecule has 138 valence electrons. The van der Waals surface area contributed by atoms with E-state index in [1.54, 1.807) is 6.20 Å². The van der Waals surface area contributed by atoms with Gasteiger partial charge in [-0.1, -0.05) is 19.8 Å². The summed E-state index contributed by atoms with van der Waals surface area (Å²) in [5, 5.41) is 0. The molecule has 0 aliphatic heterocycles. The number of ether oxygens (including phenoxy) is 1. The maximum Gasteiger partial charge on any atom is 0.131 e. The summed E-state index contributed by atoms with van der Waals surface area (Å²) < 4.78 is 7.76. The second-order valence-electron chi connectivity index (χ2n) is 6.41. The van der Waals surface area contributed by atoms with Crippen molar-refractivity contribution in [2.24, 2.45) is 0 Å². The Kier molecular flexibility index (Phi) is 8.74. The molecule has 0 saturated carbocycles. The molecule has 0 spiro atoms. The number of rotatable bonds is 5. The topological polar surface area (TPSA) is 39.9 Å². The molecular formula is C20H31N3OS. The summed E-state index contributed by atoms with van der Waals surface area (Å²) in [6, 6.07) is 3.87. The van der Waals surface area contributed by atoms with Gasteiger partial charge in [0.15, 0.2) is 0 Å². The normalized spacial score (nSPS) is 11.2. The second-order valence-corrected chi connectivity index (χ2v) is 11.0. The van der Waals surface area contributed by atoms with E-state index in [9.17, 15) is 0 Å². The number of aromatic nitrogens is 3. The molecule has 0 atom stereocenters. The Morgan fingerprint density at radius 1 is 1.16 bits per heavy atom. The van der Waals surface area contributed by atoms with E-state index in [4.69, 9.17) is 4.74 Å². The van der Waals surface area contributed by atoms with E-state index in [0.717, 1.165) is 35.1 Å². The molecule has 5 heteroatoms. The molecule has 0 bridgehead atoms. The monoisotopic (exact) mass is 361 g/mol. The number of imidazole rings is 1. The van der Waals surface area contributed by atoms with Gasteiger partial charge >= 0.3 is 0 Å². The highest BCUT2D eigenvalue weighted by Gasteiger charge is 2.05. The third-order valence-electron chi connectivity index (χ3n) is 3.28. The fourth-order valence-corrected chi connectivity index (χ4v) is 2.55. The van der Waals surface area contributed by atoms with Gasteiger partial charge in [0.05, 0.1) is 6.61 Å². The fourth-order valence-electron chi connectivity index (χ4n) is 1.93. The van der Waals surface area contributed by atoms with E-state index in [1.807, 2.05) is 50.6 Å². The van der Waals surface area contributed by atoms with Crippen molar-refractivity contribution in [1.82, 2.24) is 14.5 Å². The van der Waals surface area contributed by atoms with Crippen LogP contribution in [0.5, 0.6) is 0 Å². The van der Waals surface area contributed by atoms with Crippen molar-refractivity contribution < 1.29 is 4.74 Å². The van der Waals surface area contributed by atoms with Gasteiger partial charge in [0.1, 0.15) is 18.2 Å². The first-order chi connectivity index (χ1) is 11.8. The minimum Gasteiger partial charge on any atom is -0.360 e. The summed E-state index contributed by atoms with van der Waals surface area (Å²) in [6.07, 6.45) is 10.6. The van der Waals surface area contributed by atoms with Gasteiger partial charge in [-0.3, -0.25) is 4.98 Å². The lowest BCUT2D eigenvalue weighted by Gasteiger charge is -2.24. The average Bonchev–Trinajstić information content (AvgIpc) is 2.91. The molecule has 0 aliphatic rings. The van der Waals surface area contributed by atoms with Gasteiger partial charge in [0, 0.05) is 29.4 Å². The highest BCUT2D eigenvalue weighted by molar-refractivity contribution is 8.32. The lowest BCUT2D eigenvalue weighted by atomic mass is 10.2. The van der Waals surface area contributed by atoms with Gasteiger partial charge in [0.25, 0.3) is 0 Å². The molecule has 0 radical (unpaired) electrons. The molecular weight excluding hydrogens is 330 g/mol. The Hall–Kier alpha value is -1.77. The zero-order valence-corrected chi connectivity index (χ0v) is 17.4. The van der Waals surface area contributed by atoms with Crippen LogP contribution in [0.4, 0.5) is 0 Å². The van der Waals surface area contributed by atoms with Crippen molar-refractivity contribution in [2.45, 2.75) is 34.4 Å². The van der Waals surface area contributed by atoms with Crippen LogP contribution in [0.15, 0.2) is 24.5 Å². The van der Waals surface area contributed by atoms with E-state index < -0.39 is 10.0 Å². The van der Waals surface area contributed by atoms with Gasteiger partial charge in [-0.05, 0) is 50.7 Å². The van der Waals surface area contributed by atoms with Crippen molar-refractivity contribution in [3.63, 3.8) is 0 Å². The van der Waals surface area contributed by atoms with Crippen LogP contribution in [-0.2, 0) is 11.5 Å². The number of aryl methyl sites for hydroxylation is 2. The molecule has 0 fully saturated rings. The van der Waals surface area contributed by atoms with Crippen LogP contribution in [0, 0.1) is 25.7 Å². The second kappa shape index (κ2) is 10.3. The van der Waals surface area contributed by atoms with E-state index in [1.165, 1.54) is 0 Å². The minimum absolute atomic E-state index is 0.504. The van der Waals surface area contributed by atoms with Crippen LogP contribution >= 0.6 is 10.0 Å². The molecule has 2 aromatic rings. The van der Waals surface area contributed by atoms with Crippen LogP contribution in [0.25, 0.3) is 0 Å². The summed E-state index contributed by atoms with van der Waals surface area (Å²) in [5.41, 5.74) is 2.68. The molecule has 2 aromatic heterocycles. The number of hydrogen-bond acceptors (Lipinski definition) is 3. The number of pyridine rings is 1. The van der Waals surface area contributed by atoms with Crippen molar-refractivity contribution in [2.75, 3.05) is 31.1 Å². The van der Waals surface area contributed by atoms with Gasteiger partial charge in [-0.2, -0.15) is 0 Å². The van der Waals surface area contributed by atoms with E-state index in [2.05, 4.69) is 40.6 Å². The number of nitrogens with zero attached hydrogens (tertiary/aromatic N) is 3. The Labute approximate surface area is 154 Å². The molecule has 4 nitrogen and oxygen atoms in total. The van der Waals surface area contributed by atoms with Crippen molar-refractivity contribution >= 4 is 10.0 Å². The predicted molar refractivity (Wildman–Crippen MR) is 109 cm³/mol. The van der Waals surface area contributed by atoms with Crippen LogP contribution in [0.2, 0.25) is 0 Å². The highest BCUT2D eigenvalue weighted by atomic mass is 32.3. The maximum atomic E-state index is 5.76. The summed E-state index contributed by atoms with van der Waals surface area (Å²) in [5.74, 6) is 8.27. The van der Waals surface area contributed by atoms with Gasteiger partial charge in [-0.15, -0.1) is 0 Å². The SMILES string of the molecule is CC.Cc1cc(C#Cc2cn(COCCS(C)(C)C)c(C)n2)ccn1. The zero-order chi connectivity index (χ0) is 18.9. The van der Waals surface area contributed by atoms with Crippen LogP contribution in [-0.4, -0.2) is 45.7 Å². The highest BCUT2D eigenvalue weighted by Crippen LogP contribution is 2.33. The average molecular weight is 362 g/mol. The molecule has 2 heterocycles. The van der Waals surface area contributed by atoms with Crippen LogP contribution in [0.3, 0.4) is 0 Å². The van der Waals surface area contributed by atoms with E-state index >= 15 is 0 Å². The van der Waals surface area contributed by atoms with Crippen molar-refractivity contribution in [1.29, 1.82) is 0 Å². The standard InChI is InChI=1S/C18H25N3OS.C2H6/c1-15-12-17(8-9-19-15)6-7-18-13-21(16(2)20-18)14-22-10-11-23(3,4)5;1-2/h8-9,12-13H,10-11,14H2,1-5H3;1-2H3. The van der Waals surface area contributed by atoms with Gasteiger partial charge in [-0.25, -0.2) is 15.0 Å². The molecule has 0 unspecified atom stereocenters. The summed E-state index contributed by atoms with van der Waals surface area (Å²) in [6.45, 7) is 9.25. The summed E-state index contributed by atoms with van der Waals surface area (Å²) in [4.78, 5) is 8.64. The smallest absolute Gasteiger partial charge is 0.131 e. The zero-order valence-electron chi connectivity index (χ0n) is 16.6. The quantitative estimate of drug-likeness (QED) is 0.597. The lowest BCUT2D eigenvalue weighted by Crippen LogP contribution is -2.10. The molecule has 0 aromatic carbocycles. The third-order valence-corrected chi connectivity index (χ3v) is 4.67. The first kappa shape index (κ1) is 21.3. The van der Waals surface area contributed by atoms with Crippen LogP contribution < -0.4 is 0 Å². The van der Waals surface area contributed by atoms with Crippen molar-refractivity contribution in [3.05, 3.63) is 47.3 Å². The van der Waals surface area contributed by atoms with Gasteiger partial charge < -0.3 is 9.30 Å². The molecule has 0 saturated heterocycles. The largest absolute Gasteiger partial charge is 0.360 e. The molecule has 0 N–H and O–H groups in total. The van der Waals surface area contributed by atoms with Crippen molar-refractivity contribution in [3.8, 4) is 11.8 Å². The number of hydrogen-bond donors (Lipinski definition) is 0. The predicted octanol–water partition coefficient (Wildman–Crippen LogP) is 3.99. The minimum atomic E-state index is -0.504. The fraction of sp³-hybridized carbons (Fsp3) is 0.500. The molecule has 2 rings (SSSR count). The van der Waals surface area contributed by atoms with E-state index in [0.29, 0.717) is 6.73 Å². The Morgan fingerprint density at radius 3 is 2.52 bits per heavy atom. The third kappa shape index (κ3) is 8.24. The molecule has 0 amide bonds. The van der Waals surface area contributed by atoms with Crippen LogP contribution in [0.1, 0.15) is 36.6 Å². The summed E-state index contributed by atoms with van der Waals surface area (Å²) in [7, 11) is -0.504. The summed E-state index contributed by atoms with van der Waals surface area (Å²) >= 11 is 0. The Balaban J connectivity index is 0.00000151. The lowest BCUT2D eigenvalue weighted by molar-refractivity contribution is 0.0882. The molecule has 0 aliphatic carbocycles. The Morgan fingerprint density at radius 2 is 1.88 bits per heavy atom. The maximum absolute atomic E-state index is 5.76. The van der Waals surface area contributed by atoms with Gasteiger partial charge in [0.2, 0.25) is 0 Å². The van der Waals surface area contributed by atoms with E-state index in [-0.39, 0.29) is 0 Å². The first-order valence-electron chi connectivity index (χ1n) is 8.56.